The average molecular weight is 756 g/mol. The molecule has 0 amide bonds. The number of para-hydroxylation sites is 2. The summed E-state index contributed by atoms with van der Waals surface area (Å²) in [6.07, 6.45) is 10.4. The first-order valence-corrected chi connectivity index (χ1v) is 21.3. The van der Waals surface area contributed by atoms with Crippen molar-refractivity contribution in [2.24, 2.45) is 0 Å². The third-order valence-corrected chi connectivity index (χ3v) is 12.7. The summed E-state index contributed by atoms with van der Waals surface area (Å²) >= 11 is 1.53. The molecule has 0 saturated heterocycles. The molecule has 0 radical (unpaired) electrons. The van der Waals surface area contributed by atoms with E-state index in [1.165, 1.54) is 11.8 Å². The Morgan fingerprint density at radius 3 is 2.20 bits per heavy atom. The van der Waals surface area contributed by atoms with Crippen molar-refractivity contribution in [1.29, 1.82) is 0 Å². The van der Waals surface area contributed by atoms with Crippen LogP contribution in [0.15, 0.2) is 94.6 Å². The van der Waals surface area contributed by atoms with E-state index in [-0.39, 0.29) is 41.6 Å². The van der Waals surface area contributed by atoms with Crippen LogP contribution in [0.1, 0.15) is 70.9 Å². The van der Waals surface area contributed by atoms with Crippen LogP contribution < -0.4 is 4.90 Å². The van der Waals surface area contributed by atoms with E-state index >= 15 is 0 Å². The number of hydrogen-bond acceptors (Lipinski definition) is 7. The largest absolute Gasteiger partial charge is 0.481 e. The summed E-state index contributed by atoms with van der Waals surface area (Å²) < 4.78 is 66.9. The summed E-state index contributed by atoms with van der Waals surface area (Å²) in [5.41, 5.74) is 7.71. The molecule has 10 nitrogen and oxygen atoms in total. The fraction of sp³-hybridized carbons (Fsp3) is 0.421. The number of aliphatic carboxylic acids is 1. The third kappa shape index (κ3) is 8.94. The van der Waals surface area contributed by atoms with Crippen LogP contribution in [0.3, 0.4) is 0 Å². The fourth-order valence-electron chi connectivity index (χ4n) is 7.38. The van der Waals surface area contributed by atoms with E-state index < -0.39 is 26.2 Å². The number of rotatable bonds is 15. The highest BCUT2D eigenvalue weighted by molar-refractivity contribution is 8.03. The molecule has 274 valence electrons. The lowest BCUT2D eigenvalue weighted by Crippen LogP contribution is -2.28. The number of carboxylic acid groups (broad SMARTS) is 1. The van der Waals surface area contributed by atoms with Crippen molar-refractivity contribution in [2.75, 3.05) is 35.2 Å². The minimum absolute atomic E-state index is 0.0185. The predicted molar refractivity (Wildman–Crippen MR) is 204 cm³/mol. The lowest BCUT2D eigenvalue weighted by molar-refractivity contribution is -0.437. The first-order valence-electron chi connectivity index (χ1n) is 17.1. The number of benzene rings is 2. The summed E-state index contributed by atoms with van der Waals surface area (Å²) in [5.74, 6) is -1.12. The summed E-state index contributed by atoms with van der Waals surface area (Å²) in [7, 11) is -8.19. The summed E-state index contributed by atoms with van der Waals surface area (Å²) in [6.45, 7) is 9.38. The monoisotopic (exact) mass is 755 g/mol. The minimum atomic E-state index is -4.10. The van der Waals surface area contributed by atoms with Gasteiger partial charge in [0.05, 0.1) is 23.3 Å². The van der Waals surface area contributed by atoms with Crippen molar-refractivity contribution >= 4 is 55.1 Å². The van der Waals surface area contributed by atoms with E-state index in [9.17, 15) is 35.8 Å². The Morgan fingerprint density at radius 2 is 1.51 bits per heavy atom. The zero-order valence-electron chi connectivity index (χ0n) is 29.5. The van der Waals surface area contributed by atoms with Gasteiger partial charge in [0.1, 0.15) is 6.54 Å². The summed E-state index contributed by atoms with van der Waals surface area (Å²) in [4.78, 5) is 14.6. The molecule has 51 heavy (non-hydrogen) atoms. The molecule has 2 aromatic rings. The zero-order chi connectivity index (χ0) is 37.2. The SMILES string of the molecule is CC1(C)C(=CC=C2CCC(C=CC3=[N+](CCCS(=O)(=O)O)c4ccccc4C3(C)C)=C2SCCC(=O)O)N(CCCS(=O)(=O)O)c2ccccc21. The molecule has 0 bridgehead atoms. The van der Waals surface area contributed by atoms with E-state index in [0.29, 0.717) is 18.8 Å². The van der Waals surface area contributed by atoms with Crippen LogP contribution >= 0.6 is 11.8 Å². The van der Waals surface area contributed by atoms with Crippen molar-refractivity contribution in [3.8, 4) is 0 Å². The van der Waals surface area contributed by atoms with Crippen molar-refractivity contribution in [3.05, 3.63) is 106 Å². The summed E-state index contributed by atoms with van der Waals surface area (Å²) in [5, 5.41) is 9.41. The molecule has 13 heteroatoms. The first kappa shape index (κ1) is 38.7. The van der Waals surface area contributed by atoms with Gasteiger partial charge in [0, 0.05) is 58.1 Å². The van der Waals surface area contributed by atoms with Crippen LogP contribution in [0, 0.1) is 0 Å². The number of fused-ring (bicyclic) bond motifs is 2. The molecular weight excluding hydrogens is 709 g/mol. The Hall–Kier alpha value is -3.49. The van der Waals surface area contributed by atoms with Gasteiger partial charge in [-0.3, -0.25) is 13.9 Å². The molecule has 3 aliphatic rings. The molecule has 0 spiro atoms. The minimum Gasteiger partial charge on any atom is -0.481 e. The van der Waals surface area contributed by atoms with E-state index in [1.807, 2.05) is 36.4 Å². The second kappa shape index (κ2) is 15.2. The van der Waals surface area contributed by atoms with Crippen LogP contribution in [0.4, 0.5) is 11.4 Å². The molecule has 0 unspecified atom stereocenters. The van der Waals surface area contributed by atoms with E-state index in [1.54, 1.807) is 0 Å². The van der Waals surface area contributed by atoms with Gasteiger partial charge in [-0.15, -0.1) is 11.8 Å². The van der Waals surface area contributed by atoms with Crippen LogP contribution in [0.25, 0.3) is 0 Å². The molecule has 5 rings (SSSR count). The average Bonchev–Trinajstić information content (AvgIpc) is 3.59. The highest BCUT2D eigenvalue weighted by atomic mass is 32.2. The fourth-order valence-corrected chi connectivity index (χ4v) is 9.56. The van der Waals surface area contributed by atoms with E-state index in [0.717, 1.165) is 62.8 Å². The molecule has 2 heterocycles. The number of carboxylic acids is 1. The molecule has 0 aromatic heterocycles. The van der Waals surface area contributed by atoms with Crippen LogP contribution in [-0.4, -0.2) is 77.7 Å². The smallest absolute Gasteiger partial charge is 0.304 e. The standard InChI is InChI=1S/C38H46N2O8S3/c1-37(2)29-11-5-7-13-31(29)39(22-9-25-50(43,44)45)33(37)19-17-27-15-16-28(36(27)49-24-21-35(41)42)18-20-34-38(3,4)30-12-6-8-14-32(30)40(34)23-10-26-51(46,47)48/h5-8,11-14,17-20H,9-10,15-16,21-26H2,1-4H3,(H2-,41,42,43,44,45,46,47,48)/p+1. The normalized spacial score (nSPS) is 19.9. The Morgan fingerprint density at radius 1 is 0.863 bits per heavy atom. The van der Waals surface area contributed by atoms with Gasteiger partial charge in [0.15, 0.2) is 5.71 Å². The van der Waals surface area contributed by atoms with Crippen LogP contribution in [0.5, 0.6) is 0 Å². The van der Waals surface area contributed by atoms with Crippen molar-refractivity contribution in [2.45, 2.75) is 70.6 Å². The number of anilines is 1. The summed E-state index contributed by atoms with van der Waals surface area (Å²) in [6, 6.07) is 16.1. The lowest BCUT2D eigenvalue weighted by Gasteiger charge is -2.27. The molecule has 0 saturated carbocycles. The second-order valence-corrected chi connectivity index (χ2v) is 18.4. The Labute approximate surface area is 305 Å². The molecule has 1 aliphatic carbocycles. The Balaban J connectivity index is 1.52. The van der Waals surface area contributed by atoms with Crippen molar-refractivity contribution in [1.82, 2.24) is 0 Å². The maximum atomic E-state index is 11.5. The van der Waals surface area contributed by atoms with Gasteiger partial charge < -0.3 is 10.0 Å². The highest BCUT2D eigenvalue weighted by Gasteiger charge is 2.44. The number of thioether (sulfide) groups is 1. The van der Waals surface area contributed by atoms with Gasteiger partial charge in [-0.25, -0.2) is 0 Å². The van der Waals surface area contributed by atoms with E-state index in [4.69, 9.17) is 0 Å². The third-order valence-electron chi connectivity index (χ3n) is 9.86. The predicted octanol–water partition coefficient (Wildman–Crippen LogP) is 7.04. The lowest BCUT2D eigenvalue weighted by atomic mass is 9.81. The van der Waals surface area contributed by atoms with Gasteiger partial charge in [-0.2, -0.15) is 21.4 Å². The second-order valence-electron chi connectivity index (χ2n) is 14.2. The maximum absolute atomic E-state index is 11.5. The van der Waals surface area contributed by atoms with E-state index in [2.05, 4.69) is 73.6 Å². The van der Waals surface area contributed by atoms with Gasteiger partial charge in [-0.05, 0) is 62.0 Å². The molecular formula is C38H47N2O8S3+. The highest BCUT2D eigenvalue weighted by Crippen LogP contribution is 2.48. The Kier molecular flexibility index (Phi) is 11.6. The van der Waals surface area contributed by atoms with Crippen LogP contribution in [-0.2, 0) is 35.9 Å². The maximum Gasteiger partial charge on any atom is 0.304 e. The Bertz CT molecular complexity index is 2070. The number of carbonyl (C=O) groups is 1. The van der Waals surface area contributed by atoms with Crippen LogP contribution in [0.2, 0.25) is 0 Å². The van der Waals surface area contributed by atoms with Gasteiger partial charge in [0.2, 0.25) is 5.69 Å². The molecule has 0 fully saturated rings. The molecule has 2 aliphatic heterocycles. The zero-order valence-corrected chi connectivity index (χ0v) is 32.0. The van der Waals surface area contributed by atoms with Gasteiger partial charge >= 0.3 is 5.97 Å². The van der Waals surface area contributed by atoms with Gasteiger partial charge in [0.25, 0.3) is 20.2 Å². The molecule has 3 N–H and O–H groups in total. The molecule has 2 aromatic carbocycles. The van der Waals surface area contributed by atoms with Crippen molar-refractivity contribution in [3.63, 3.8) is 0 Å². The number of nitrogens with zero attached hydrogens (tertiary/aromatic N) is 2. The van der Waals surface area contributed by atoms with Gasteiger partial charge in [-0.1, -0.05) is 62.4 Å². The quantitative estimate of drug-likeness (QED) is 0.128. The van der Waals surface area contributed by atoms with Crippen molar-refractivity contribution < 1.29 is 40.4 Å². The number of hydrogen-bond donors (Lipinski definition) is 3. The molecule has 0 atom stereocenters. The topological polar surface area (TPSA) is 152 Å². The number of allylic oxidation sites excluding steroid dienone is 7. The first-order chi connectivity index (χ1) is 23.9.